The van der Waals surface area contributed by atoms with E-state index in [9.17, 15) is 10.5 Å². The molecule has 0 heterocycles. The summed E-state index contributed by atoms with van der Waals surface area (Å²) in [4.78, 5) is 0. The number of fused-ring (bicyclic) bond motifs is 1. The highest BCUT2D eigenvalue weighted by molar-refractivity contribution is 5.92. The van der Waals surface area contributed by atoms with Crippen LogP contribution in [0.4, 0.5) is 0 Å². The minimum atomic E-state index is 0.179. The van der Waals surface area contributed by atoms with Gasteiger partial charge in [0.05, 0.1) is 0 Å². The van der Waals surface area contributed by atoms with E-state index in [1.165, 1.54) is 11.1 Å². The molecule has 4 rings (SSSR count). The molecular formula is C26H20N2. The Balaban J connectivity index is 1.79. The molecule has 2 aromatic carbocycles. The maximum atomic E-state index is 9.57. The molecule has 0 saturated heterocycles. The second-order valence-electron chi connectivity index (χ2n) is 7.08. The van der Waals surface area contributed by atoms with Crippen LogP contribution in [0.15, 0.2) is 95.1 Å². The first-order chi connectivity index (χ1) is 13.8. The lowest BCUT2D eigenvalue weighted by Gasteiger charge is -2.20. The molecular weight excluding hydrogens is 340 g/mol. The SMILES string of the molecule is N#CC(C#N)=C(C1=CC=C(C2=CC=CCC2)CC1)c1ccc2ccccc2c1. The van der Waals surface area contributed by atoms with Gasteiger partial charge in [0.15, 0.2) is 0 Å². The fraction of sp³-hybridized carbons (Fsp3) is 0.154. The number of rotatable bonds is 3. The summed E-state index contributed by atoms with van der Waals surface area (Å²) in [6.45, 7) is 0. The van der Waals surface area contributed by atoms with Gasteiger partial charge in [0.25, 0.3) is 0 Å². The van der Waals surface area contributed by atoms with Crippen LogP contribution in [0.1, 0.15) is 31.2 Å². The van der Waals surface area contributed by atoms with Crippen LogP contribution in [-0.4, -0.2) is 0 Å². The van der Waals surface area contributed by atoms with Gasteiger partial charge in [-0.2, -0.15) is 10.5 Å². The predicted octanol–water partition coefficient (Wildman–Crippen LogP) is 6.56. The Morgan fingerprint density at radius 3 is 2.25 bits per heavy atom. The van der Waals surface area contributed by atoms with Gasteiger partial charge in [-0.3, -0.25) is 0 Å². The molecule has 0 radical (unpaired) electrons. The molecule has 0 saturated carbocycles. The van der Waals surface area contributed by atoms with E-state index in [1.807, 2.05) is 18.2 Å². The van der Waals surface area contributed by atoms with Gasteiger partial charge >= 0.3 is 0 Å². The van der Waals surface area contributed by atoms with Crippen molar-refractivity contribution in [2.45, 2.75) is 25.7 Å². The van der Waals surface area contributed by atoms with Gasteiger partial charge in [0.1, 0.15) is 17.7 Å². The lowest BCUT2D eigenvalue weighted by atomic mass is 9.83. The summed E-state index contributed by atoms with van der Waals surface area (Å²) < 4.78 is 0. The van der Waals surface area contributed by atoms with Gasteiger partial charge in [0, 0.05) is 5.57 Å². The lowest BCUT2D eigenvalue weighted by molar-refractivity contribution is 0.884. The highest BCUT2D eigenvalue weighted by Crippen LogP contribution is 2.36. The number of nitriles is 2. The minimum Gasteiger partial charge on any atom is -0.192 e. The summed E-state index contributed by atoms with van der Waals surface area (Å²) in [5.74, 6) is 0. The highest BCUT2D eigenvalue weighted by Gasteiger charge is 2.18. The highest BCUT2D eigenvalue weighted by atomic mass is 14.3. The molecule has 2 heteroatoms. The Labute approximate surface area is 165 Å². The molecule has 0 bridgehead atoms. The zero-order valence-electron chi connectivity index (χ0n) is 15.7. The monoisotopic (exact) mass is 360 g/mol. The standard InChI is InChI=1S/C26H20N2/c27-17-25(18-28)26(24-15-12-20-8-4-5-9-23(20)16-24)22-13-10-21(11-14-22)19-6-2-1-3-7-19/h1-2,4-6,8-10,12-13,15-16H,3,7,11,14H2. The summed E-state index contributed by atoms with van der Waals surface area (Å²) in [7, 11) is 0. The fourth-order valence-electron chi connectivity index (χ4n) is 3.96. The Hall–Kier alpha value is -3.62. The molecule has 0 amide bonds. The van der Waals surface area contributed by atoms with Crippen molar-refractivity contribution in [3.63, 3.8) is 0 Å². The third kappa shape index (κ3) is 3.46. The first-order valence-corrected chi connectivity index (χ1v) is 9.60. The second kappa shape index (κ2) is 7.95. The van der Waals surface area contributed by atoms with Crippen molar-refractivity contribution < 1.29 is 0 Å². The van der Waals surface area contributed by atoms with E-state index in [4.69, 9.17) is 0 Å². The van der Waals surface area contributed by atoms with E-state index in [0.29, 0.717) is 0 Å². The molecule has 0 spiro atoms. The van der Waals surface area contributed by atoms with E-state index in [-0.39, 0.29) is 5.57 Å². The van der Waals surface area contributed by atoms with Crippen molar-refractivity contribution in [3.8, 4) is 12.1 Å². The summed E-state index contributed by atoms with van der Waals surface area (Å²) in [5, 5.41) is 21.4. The van der Waals surface area contributed by atoms with Crippen LogP contribution in [0.5, 0.6) is 0 Å². The maximum Gasteiger partial charge on any atom is 0.137 e. The van der Waals surface area contributed by atoms with Gasteiger partial charge in [-0.15, -0.1) is 0 Å². The molecule has 0 aliphatic heterocycles. The fourth-order valence-corrected chi connectivity index (χ4v) is 3.96. The third-order valence-corrected chi connectivity index (χ3v) is 5.41. The molecule has 0 aromatic heterocycles. The average Bonchev–Trinajstić information content (AvgIpc) is 2.78. The van der Waals surface area contributed by atoms with Gasteiger partial charge < -0.3 is 0 Å². The predicted molar refractivity (Wildman–Crippen MR) is 114 cm³/mol. The van der Waals surface area contributed by atoms with E-state index in [1.54, 1.807) is 0 Å². The molecule has 2 nitrogen and oxygen atoms in total. The van der Waals surface area contributed by atoms with Crippen LogP contribution >= 0.6 is 0 Å². The Morgan fingerprint density at radius 1 is 0.786 bits per heavy atom. The molecule has 2 aliphatic carbocycles. The number of nitrogens with zero attached hydrogens (tertiary/aromatic N) is 2. The molecule has 2 aromatic rings. The van der Waals surface area contributed by atoms with Crippen LogP contribution in [0, 0.1) is 22.7 Å². The van der Waals surface area contributed by atoms with Crippen molar-refractivity contribution in [1.82, 2.24) is 0 Å². The lowest BCUT2D eigenvalue weighted by Crippen LogP contribution is -2.02. The number of hydrogen-bond acceptors (Lipinski definition) is 2. The van der Waals surface area contributed by atoms with Gasteiger partial charge in [0.2, 0.25) is 0 Å². The smallest absolute Gasteiger partial charge is 0.137 e. The van der Waals surface area contributed by atoms with E-state index >= 15 is 0 Å². The van der Waals surface area contributed by atoms with Crippen LogP contribution in [-0.2, 0) is 0 Å². The molecule has 0 N–H and O–H groups in total. The van der Waals surface area contributed by atoms with Crippen molar-refractivity contribution in [1.29, 1.82) is 10.5 Å². The van der Waals surface area contributed by atoms with Crippen molar-refractivity contribution in [2.24, 2.45) is 0 Å². The number of benzene rings is 2. The molecule has 0 fully saturated rings. The molecule has 2 aliphatic rings. The van der Waals surface area contributed by atoms with Crippen molar-refractivity contribution in [3.05, 3.63) is 101 Å². The Morgan fingerprint density at radius 2 is 1.57 bits per heavy atom. The van der Waals surface area contributed by atoms with Gasteiger partial charge in [-0.1, -0.05) is 66.8 Å². The van der Waals surface area contributed by atoms with E-state index in [2.05, 4.69) is 66.8 Å². The van der Waals surface area contributed by atoms with Crippen molar-refractivity contribution in [2.75, 3.05) is 0 Å². The molecule has 134 valence electrons. The summed E-state index contributed by atoms with van der Waals surface area (Å²) in [5.41, 5.74) is 5.70. The molecule has 0 unspecified atom stereocenters. The summed E-state index contributed by atoms with van der Waals surface area (Å²) in [6, 6.07) is 18.5. The van der Waals surface area contributed by atoms with Crippen LogP contribution in [0.25, 0.3) is 16.3 Å². The third-order valence-electron chi connectivity index (χ3n) is 5.41. The number of hydrogen-bond donors (Lipinski definition) is 0. The zero-order valence-corrected chi connectivity index (χ0v) is 15.7. The van der Waals surface area contributed by atoms with Crippen LogP contribution in [0.3, 0.4) is 0 Å². The summed E-state index contributed by atoms with van der Waals surface area (Å²) in [6.07, 6.45) is 14.7. The topological polar surface area (TPSA) is 47.6 Å². The average molecular weight is 360 g/mol. The minimum absolute atomic E-state index is 0.179. The quantitative estimate of drug-likeness (QED) is 0.582. The Kier molecular flexibility index (Phi) is 5.05. The van der Waals surface area contributed by atoms with E-state index < -0.39 is 0 Å². The van der Waals surface area contributed by atoms with Gasteiger partial charge in [-0.05, 0) is 64.8 Å². The van der Waals surface area contributed by atoms with E-state index in [0.717, 1.165) is 53.2 Å². The van der Waals surface area contributed by atoms with Gasteiger partial charge in [-0.25, -0.2) is 0 Å². The first kappa shape index (κ1) is 17.8. The molecule has 0 atom stereocenters. The number of allylic oxidation sites excluding steroid dienone is 10. The first-order valence-electron chi connectivity index (χ1n) is 9.60. The largest absolute Gasteiger partial charge is 0.192 e. The Bertz CT molecular complexity index is 1150. The normalized spacial score (nSPS) is 15.7. The zero-order chi connectivity index (χ0) is 19.3. The van der Waals surface area contributed by atoms with Crippen LogP contribution < -0.4 is 0 Å². The maximum absolute atomic E-state index is 9.57. The second-order valence-corrected chi connectivity index (χ2v) is 7.08. The summed E-state index contributed by atoms with van der Waals surface area (Å²) >= 11 is 0. The molecule has 28 heavy (non-hydrogen) atoms. The van der Waals surface area contributed by atoms with Crippen LogP contribution in [0.2, 0.25) is 0 Å². The van der Waals surface area contributed by atoms with Crippen molar-refractivity contribution >= 4 is 16.3 Å².